The van der Waals surface area contributed by atoms with Crippen molar-refractivity contribution < 1.29 is 13.3 Å². The number of nitro benzene ring substituents is 1. The molecule has 1 rings (SSSR count). The number of nitro groups is 1. The van der Waals surface area contributed by atoms with Crippen molar-refractivity contribution in [2.45, 2.75) is 11.3 Å². The first-order valence-electron chi connectivity index (χ1n) is 5.85. The van der Waals surface area contributed by atoms with Crippen molar-refractivity contribution in [2.24, 2.45) is 0 Å². The van der Waals surface area contributed by atoms with Crippen LogP contribution in [-0.2, 0) is 10.0 Å². The Kier molecular flexibility index (Phi) is 5.88. The lowest BCUT2D eigenvalue weighted by molar-refractivity contribution is -0.384. The number of halogens is 1. The lowest BCUT2D eigenvalue weighted by Gasteiger charge is -2.17. The summed E-state index contributed by atoms with van der Waals surface area (Å²) < 4.78 is 25.7. The maximum Gasteiger partial charge on any atom is 0.271 e. The predicted octanol–water partition coefficient (Wildman–Crippen LogP) is 1.48. The maximum atomic E-state index is 12.3. The first-order chi connectivity index (χ1) is 9.30. The Hall–Kier alpha value is -1.22. The van der Waals surface area contributed by atoms with E-state index >= 15 is 0 Å². The highest BCUT2D eigenvalue weighted by Crippen LogP contribution is 2.28. The second kappa shape index (κ2) is 6.98. The van der Waals surface area contributed by atoms with Crippen molar-refractivity contribution in [3.05, 3.63) is 33.3 Å². The smallest absolute Gasteiger partial charge is 0.271 e. The molecular weight excluding hydrogens is 306 g/mol. The summed E-state index contributed by atoms with van der Waals surface area (Å²) in [4.78, 5) is 9.85. The SMILES string of the molecule is CNCCCN(C)S(=O)(=O)c1ccc([N+](=O)[O-])cc1Cl. The molecule has 0 saturated heterocycles. The molecular formula is C11H16ClN3O4S. The quantitative estimate of drug-likeness (QED) is 0.466. The molecule has 0 unspecified atom stereocenters. The molecule has 20 heavy (non-hydrogen) atoms. The van der Waals surface area contributed by atoms with E-state index in [1.54, 1.807) is 7.05 Å². The molecule has 7 nitrogen and oxygen atoms in total. The van der Waals surface area contributed by atoms with Gasteiger partial charge in [0, 0.05) is 25.7 Å². The molecule has 9 heteroatoms. The fourth-order valence-electron chi connectivity index (χ4n) is 1.58. The average Bonchev–Trinajstić information content (AvgIpc) is 2.38. The summed E-state index contributed by atoms with van der Waals surface area (Å²) in [6.45, 7) is 1.02. The van der Waals surface area contributed by atoms with E-state index in [1.165, 1.54) is 11.4 Å². The normalized spacial score (nSPS) is 11.8. The fraction of sp³-hybridized carbons (Fsp3) is 0.455. The van der Waals surface area contributed by atoms with Crippen molar-refractivity contribution in [3.63, 3.8) is 0 Å². The number of sulfonamides is 1. The number of nitrogens with one attached hydrogen (secondary N) is 1. The van der Waals surface area contributed by atoms with Crippen LogP contribution in [0, 0.1) is 10.1 Å². The van der Waals surface area contributed by atoms with E-state index in [9.17, 15) is 18.5 Å². The van der Waals surface area contributed by atoms with Crippen LogP contribution in [0.3, 0.4) is 0 Å². The maximum absolute atomic E-state index is 12.3. The summed E-state index contributed by atoms with van der Waals surface area (Å²) in [6, 6.07) is 3.32. The lowest BCUT2D eigenvalue weighted by Crippen LogP contribution is -2.29. The van der Waals surface area contributed by atoms with Crippen molar-refractivity contribution >= 4 is 27.3 Å². The number of benzene rings is 1. The molecule has 1 aromatic rings. The first kappa shape index (κ1) is 16.8. The number of nitrogens with zero attached hydrogens (tertiary/aromatic N) is 2. The van der Waals surface area contributed by atoms with Crippen LogP contribution in [0.15, 0.2) is 23.1 Å². The van der Waals surface area contributed by atoms with E-state index in [2.05, 4.69) is 5.32 Å². The standard InChI is InChI=1S/C11H16ClN3O4S/c1-13-6-3-7-14(2)20(18,19)11-5-4-9(15(16)17)8-10(11)12/h4-5,8,13H,3,6-7H2,1-2H3. The van der Waals surface area contributed by atoms with Gasteiger partial charge in [0.2, 0.25) is 10.0 Å². The second-order valence-electron chi connectivity index (χ2n) is 4.16. The van der Waals surface area contributed by atoms with Crippen LogP contribution in [0.25, 0.3) is 0 Å². The minimum Gasteiger partial charge on any atom is -0.320 e. The monoisotopic (exact) mass is 321 g/mol. The highest BCUT2D eigenvalue weighted by Gasteiger charge is 2.24. The van der Waals surface area contributed by atoms with Crippen molar-refractivity contribution in [1.82, 2.24) is 9.62 Å². The lowest BCUT2D eigenvalue weighted by atomic mass is 10.3. The average molecular weight is 322 g/mol. The van der Waals surface area contributed by atoms with Gasteiger partial charge in [0.1, 0.15) is 4.90 Å². The van der Waals surface area contributed by atoms with Crippen LogP contribution in [-0.4, -0.2) is 44.8 Å². The third kappa shape index (κ3) is 3.89. The Balaban J connectivity index is 3.00. The van der Waals surface area contributed by atoms with Gasteiger partial charge >= 0.3 is 0 Å². The molecule has 112 valence electrons. The van der Waals surface area contributed by atoms with Crippen molar-refractivity contribution in [1.29, 1.82) is 0 Å². The summed E-state index contributed by atoms with van der Waals surface area (Å²) >= 11 is 5.84. The molecule has 1 aromatic carbocycles. The summed E-state index contributed by atoms with van der Waals surface area (Å²) in [5.74, 6) is 0. The Morgan fingerprint density at radius 1 is 1.45 bits per heavy atom. The highest BCUT2D eigenvalue weighted by atomic mass is 35.5. The molecule has 0 aliphatic rings. The fourth-order valence-corrected chi connectivity index (χ4v) is 3.30. The number of rotatable bonds is 7. The van der Waals surface area contributed by atoms with Crippen molar-refractivity contribution in [3.8, 4) is 0 Å². The van der Waals surface area contributed by atoms with Crippen LogP contribution in [0.2, 0.25) is 5.02 Å². The minimum absolute atomic E-state index is 0.128. The van der Waals surface area contributed by atoms with Gasteiger partial charge in [0.05, 0.1) is 9.95 Å². The predicted molar refractivity (Wildman–Crippen MR) is 76.5 cm³/mol. The van der Waals surface area contributed by atoms with E-state index in [0.717, 1.165) is 18.2 Å². The van der Waals surface area contributed by atoms with Gasteiger partial charge in [-0.1, -0.05) is 11.6 Å². The number of hydrogen-bond donors (Lipinski definition) is 1. The van der Waals surface area contributed by atoms with Gasteiger partial charge in [-0.2, -0.15) is 0 Å². The first-order valence-corrected chi connectivity index (χ1v) is 7.67. The van der Waals surface area contributed by atoms with E-state index in [4.69, 9.17) is 11.6 Å². The molecule has 0 saturated carbocycles. The summed E-state index contributed by atoms with van der Waals surface area (Å²) in [7, 11) is -0.515. The van der Waals surface area contributed by atoms with E-state index in [-0.39, 0.29) is 15.6 Å². The third-order valence-corrected chi connectivity index (χ3v) is 5.05. The molecule has 0 fully saturated rings. The molecule has 0 spiro atoms. The molecule has 0 atom stereocenters. The van der Waals surface area contributed by atoms with Gasteiger partial charge in [0.25, 0.3) is 5.69 Å². The highest BCUT2D eigenvalue weighted by molar-refractivity contribution is 7.89. The molecule has 0 radical (unpaired) electrons. The molecule has 0 aliphatic carbocycles. The third-order valence-electron chi connectivity index (χ3n) is 2.71. The number of hydrogen-bond acceptors (Lipinski definition) is 5. The van der Waals surface area contributed by atoms with Crippen LogP contribution < -0.4 is 5.32 Å². The Morgan fingerprint density at radius 2 is 2.10 bits per heavy atom. The Labute approximate surface area is 122 Å². The number of non-ortho nitro benzene ring substituents is 1. The van der Waals surface area contributed by atoms with E-state index in [1.807, 2.05) is 0 Å². The second-order valence-corrected chi connectivity index (χ2v) is 6.58. The molecule has 0 heterocycles. The van der Waals surface area contributed by atoms with Crippen molar-refractivity contribution in [2.75, 3.05) is 27.2 Å². The van der Waals surface area contributed by atoms with Crippen LogP contribution in [0.4, 0.5) is 5.69 Å². The zero-order valence-electron chi connectivity index (χ0n) is 11.2. The Bertz CT molecular complexity index is 591. The zero-order chi connectivity index (χ0) is 15.3. The topological polar surface area (TPSA) is 92.6 Å². The summed E-state index contributed by atoms with van der Waals surface area (Å²) in [5, 5.41) is 13.4. The van der Waals surface area contributed by atoms with E-state index in [0.29, 0.717) is 19.5 Å². The van der Waals surface area contributed by atoms with E-state index < -0.39 is 14.9 Å². The van der Waals surface area contributed by atoms with Gasteiger partial charge in [-0.25, -0.2) is 12.7 Å². The van der Waals surface area contributed by atoms with Gasteiger partial charge in [0.15, 0.2) is 0 Å². The molecule has 0 amide bonds. The van der Waals surface area contributed by atoms with Gasteiger partial charge in [-0.3, -0.25) is 10.1 Å². The molecule has 0 bridgehead atoms. The van der Waals surface area contributed by atoms with Crippen LogP contribution in [0.5, 0.6) is 0 Å². The molecule has 0 aliphatic heterocycles. The van der Waals surface area contributed by atoms with Crippen LogP contribution >= 0.6 is 11.6 Å². The largest absolute Gasteiger partial charge is 0.320 e. The summed E-state index contributed by atoms with van der Waals surface area (Å²) in [5.41, 5.74) is -0.244. The molecule has 1 N–H and O–H groups in total. The summed E-state index contributed by atoms with van der Waals surface area (Å²) in [6.07, 6.45) is 0.650. The van der Waals surface area contributed by atoms with Crippen LogP contribution in [0.1, 0.15) is 6.42 Å². The van der Waals surface area contributed by atoms with Gasteiger partial charge in [-0.15, -0.1) is 0 Å². The zero-order valence-corrected chi connectivity index (χ0v) is 12.7. The minimum atomic E-state index is -3.74. The molecule has 0 aromatic heterocycles. The van der Waals surface area contributed by atoms with Gasteiger partial charge < -0.3 is 5.32 Å². The Morgan fingerprint density at radius 3 is 2.60 bits per heavy atom. The van der Waals surface area contributed by atoms with Gasteiger partial charge in [-0.05, 0) is 26.1 Å².